The largest absolute Gasteiger partial charge is 0.314 e. The summed E-state index contributed by atoms with van der Waals surface area (Å²) in [6, 6.07) is 2.38. The number of halogens is 5. The molecule has 2 fully saturated rings. The van der Waals surface area contributed by atoms with Crippen LogP contribution in [0.1, 0.15) is 43.7 Å². The van der Waals surface area contributed by atoms with Crippen LogP contribution in [0.2, 0.25) is 0 Å². The van der Waals surface area contributed by atoms with Crippen LogP contribution >= 0.6 is 24.8 Å². The van der Waals surface area contributed by atoms with Crippen molar-refractivity contribution in [2.45, 2.75) is 38.1 Å². The van der Waals surface area contributed by atoms with Gasteiger partial charge in [0.2, 0.25) is 0 Å². The molecule has 3 rings (SSSR count). The lowest BCUT2D eigenvalue weighted by Gasteiger charge is -2.41. The average Bonchev–Trinajstić information content (AvgIpc) is 2.55. The Labute approximate surface area is 154 Å². The molecule has 0 amide bonds. The van der Waals surface area contributed by atoms with Crippen LogP contribution in [-0.2, 0) is 0 Å². The molecule has 1 aromatic carbocycles. The molecule has 1 saturated heterocycles. The number of nitrogens with zero attached hydrogens (tertiary/aromatic N) is 1. The van der Waals surface area contributed by atoms with E-state index in [-0.39, 0.29) is 30.9 Å². The van der Waals surface area contributed by atoms with Gasteiger partial charge < -0.3 is 5.32 Å². The molecule has 0 spiro atoms. The van der Waals surface area contributed by atoms with Gasteiger partial charge in [0.05, 0.1) is 0 Å². The summed E-state index contributed by atoms with van der Waals surface area (Å²) in [6.07, 6.45) is 5.72. The highest BCUT2D eigenvalue weighted by atomic mass is 35.5. The number of nitrogens with one attached hydrogen (secondary N) is 1. The predicted octanol–water partition coefficient (Wildman–Crippen LogP) is 4.47. The lowest BCUT2D eigenvalue weighted by molar-refractivity contribution is 0.103. The zero-order valence-corrected chi connectivity index (χ0v) is 15.2. The standard InChI is InChI=1S/C17H23F3N2.2ClH/c18-14-10-13(11-15(19)16(14)20)17(12-4-2-1-3-5-12)22-8-6-21-7-9-22;;/h10-12,17,21H,1-9H2;2*1H/t17-;;/m0../s1. The third-order valence-electron chi connectivity index (χ3n) is 4.99. The van der Waals surface area contributed by atoms with Crippen LogP contribution in [0, 0.1) is 23.4 Å². The monoisotopic (exact) mass is 384 g/mol. The van der Waals surface area contributed by atoms with E-state index in [9.17, 15) is 13.2 Å². The molecule has 1 aromatic rings. The summed E-state index contributed by atoms with van der Waals surface area (Å²) in [5.74, 6) is -3.13. The van der Waals surface area contributed by atoms with Gasteiger partial charge in [-0.3, -0.25) is 4.90 Å². The van der Waals surface area contributed by atoms with Crippen molar-refractivity contribution in [3.63, 3.8) is 0 Å². The Bertz CT molecular complexity index is 478. The molecule has 1 N–H and O–H groups in total. The van der Waals surface area contributed by atoms with Crippen LogP contribution in [0.4, 0.5) is 13.2 Å². The van der Waals surface area contributed by atoms with Crippen molar-refractivity contribution >= 4 is 24.8 Å². The van der Waals surface area contributed by atoms with E-state index in [0.29, 0.717) is 11.5 Å². The molecule has 1 saturated carbocycles. The van der Waals surface area contributed by atoms with Gasteiger partial charge in [-0.1, -0.05) is 19.3 Å². The smallest absolute Gasteiger partial charge is 0.194 e. The fraction of sp³-hybridized carbons (Fsp3) is 0.647. The second-order valence-electron chi connectivity index (χ2n) is 6.43. The molecule has 0 unspecified atom stereocenters. The third-order valence-corrected chi connectivity index (χ3v) is 4.99. The van der Waals surface area contributed by atoms with E-state index in [1.807, 2.05) is 0 Å². The van der Waals surface area contributed by atoms with E-state index in [4.69, 9.17) is 0 Å². The van der Waals surface area contributed by atoms with Gasteiger partial charge in [-0.25, -0.2) is 13.2 Å². The Balaban J connectivity index is 0.00000144. The van der Waals surface area contributed by atoms with E-state index in [1.54, 1.807) is 0 Å². The highest BCUT2D eigenvalue weighted by Gasteiger charge is 2.32. The first-order valence-electron chi connectivity index (χ1n) is 8.26. The first-order chi connectivity index (χ1) is 10.7. The van der Waals surface area contributed by atoms with Crippen LogP contribution in [0.3, 0.4) is 0 Å². The van der Waals surface area contributed by atoms with Gasteiger partial charge in [0, 0.05) is 32.2 Å². The van der Waals surface area contributed by atoms with Gasteiger partial charge in [-0.2, -0.15) is 0 Å². The van der Waals surface area contributed by atoms with Gasteiger partial charge in [0.15, 0.2) is 17.5 Å². The zero-order valence-electron chi connectivity index (χ0n) is 13.6. The number of hydrogen-bond donors (Lipinski definition) is 1. The van der Waals surface area contributed by atoms with E-state index >= 15 is 0 Å². The fourth-order valence-corrected chi connectivity index (χ4v) is 3.94. The molecule has 1 aliphatic carbocycles. The van der Waals surface area contributed by atoms with Crippen molar-refractivity contribution in [2.75, 3.05) is 26.2 Å². The van der Waals surface area contributed by atoms with Crippen LogP contribution in [0.5, 0.6) is 0 Å². The molecular formula is C17H25Cl2F3N2. The summed E-state index contributed by atoms with van der Waals surface area (Å²) in [5, 5.41) is 3.31. The van der Waals surface area contributed by atoms with E-state index in [1.165, 1.54) is 31.4 Å². The molecule has 7 heteroatoms. The first kappa shape index (κ1) is 21.6. The SMILES string of the molecule is Cl.Cl.Fc1cc([C@H](C2CCCCC2)N2CCNCC2)cc(F)c1F. The van der Waals surface area contributed by atoms with Crippen LogP contribution < -0.4 is 5.32 Å². The molecule has 1 heterocycles. The maximum Gasteiger partial charge on any atom is 0.194 e. The van der Waals surface area contributed by atoms with Crippen molar-refractivity contribution in [1.29, 1.82) is 0 Å². The Morgan fingerprint density at radius 1 is 0.917 bits per heavy atom. The number of piperazine rings is 1. The molecule has 1 atom stereocenters. The van der Waals surface area contributed by atoms with E-state index in [2.05, 4.69) is 10.2 Å². The van der Waals surface area contributed by atoms with Crippen molar-refractivity contribution in [1.82, 2.24) is 10.2 Å². The summed E-state index contributed by atoms with van der Waals surface area (Å²) < 4.78 is 40.7. The van der Waals surface area contributed by atoms with Crippen molar-refractivity contribution in [2.24, 2.45) is 5.92 Å². The summed E-state index contributed by atoms with van der Waals surface area (Å²) in [7, 11) is 0. The van der Waals surface area contributed by atoms with E-state index in [0.717, 1.165) is 39.0 Å². The molecule has 138 valence electrons. The maximum atomic E-state index is 13.7. The summed E-state index contributed by atoms with van der Waals surface area (Å²) in [5.41, 5.74) is 0.588. The predicted molar refractivity (Wildman–Crippen MR) is 94.6 cm³/mol. The van der Waals surface area contributed by atoms with Crippen LogP contribution in [-0.4, -0.2) is 31.1 Å². The average molecular weight is 385 g/mol. The van der Waals surface area contributed by atoms with Gasteiger partial charge in [-0.15, -0.1) is 24.8 Å². The summed E-state index contributed by atoms with van der Waals surface area (Å²) in [4.78, 5) is 2.30. The highest BCUT2D eigenvalue weighted by Crippen LogP contribution is 2.39. The number of rotatable bonds is 3. The minimum Gasteiger partial charge on any atom is -0.314 e. The van der Waals surface area contributed by atoms with Crippen molar-refractivity contribution in [3.8, 4) is 0 Å². The van der Waals surface area contributed by atoms with Crippen LogP contribution in [0.15, 0.2) is 12.1 Å². The summed E-state index contributed by atoms with van der Waals surface area (Å²) >= 11 is 0. The second-order valence-corrected chi connectivity index (χ2v) is 6.43. The number of benzene rings is 1. The Kier molecular flexibility index (Phi) is 8.85. The van der Waals surface area contributed by atoms with Crippen molar-refractivity contribution in [3.05, 3.63) is 35.1 Å². The second kappa shape index (κ2) is 9.85. The van der Waals surface area contributed by atoms with Gasteiger partial charge in [0.25, 0.3) is 0 Å². The molecule has 2 nitrogen and oxygen atoms in total. The third kappa shape index (κ3) is 4.78. The normalized spacial score (nSPS) is 20.8. The Morgan fingerprint density at radius 3 is 2.00 bits per heavy atom. The molecule has 0 bridgehead atoms. The minimum atomic E-state index is -1.37. The van der Waals surface area contributed by atoms with Gasteiger partial charge >= 0.3 is 0 Å². The molecule has 24 heavy (non-hydrogen) atoms. The van der Waals surface area contributed by atoms with Crippen LogP contribution in [0.25, 0.3) is 0 Å². The topological polar surface area (TPSA) is 15.3 Å². The quantitative estimate of drug-likeness (QED) is 0.773. The molecule has 0 radical (unpaired) electrons. The minimum absolute atomic E-state index is 0. The lowest BCUT2D eigenvalue weighted by atomic mass is 9.80. The molecule has 1 aliphatic heterocycles. The Hall–Kier alpha value is -0.490. The lowest BCUT2D eigenvalue weighted by Crippen LogP contribution is -2.47. The fourth-order valence-electron chi connectivity index (χ4n) is 3.94. The van der Waals surface area contributed by atoms with E-state index < -0.39 is 17.5 Å². The zero-order chi connectivity index (χ0) is 15.5. The molecular weight excluding hydrogens is 360 g/mol. The maximum absolute atomic E-state index is 13.7. The van der Waals surface area contributed by atoms with Gasteiger partial charge in [-0.05, 0) is 36.5 Å². The highest BCUT2D eigenvalue weighted by molar-refractivity contribution is 5.85. The van der Waals surface area contributed by atoms with Gasteiger partial charge in [0.1, 0.15) is 0 Å². The molecule has 0 aromatic heterocycles. The first-order valence-corrected chi connectivity index (χ1v) is 8.26. The molecule has 2 aliphatic rings. The van der Waals surface area contributed by atoms with Crippen molar-refractivity contribution < 1.29 is 13.2 Å². The summed E-state index contributed by atoms with van der Waals surface area (Å²) in [6.45, 7) is 3.49. The number of hydrogen-bond acceptors (Lipinski definition) is 2. The Morgan fingerprint density at radius 2 is 1.46 bits per heavy atom.